The molecule has 1 aliphatic heterocycles. The Labute approximate surface area is 132 Å². The van der Waals surface area contributed by atoms with E-state index in [0.29, 0.717) is 12.2 Å². The van der Waals surface area contributed by atoms with E-state index in [4.69, 9.17) is 0 Å². The van der Waals surface area contributed by atoms with Crippen molar-refractivity contribution >= 4 is 27.8 Å². The summed E-state index contributed by atoms with van der Waals surface area (Å²) in [6.45, 7) is 1.39. The second kappa shape index (κ2) is 5.42. The zero-order chi connectivity index (χ0) is 14.9. The summed E-state index contributed by atoms with van der Waals surface area (Å²) in [5.41, 5.74) is 3.09. The van der Waals surface area contributed by atoms with E-state index in [1.807, 2.05) is 45.3 Å². The van der Waals surface area contributed by atoms with Crippen molar-refractivity contribution in [1.82, 2.24) is 14.3 Å². The van der Waals surface area contributed by atoms with Crippen LogP contribution in [0.15, 0.2) is 54.2 Å². The van der Waals surface area contributed by atoms with Crippen LogP contribution in [0.25, 0.3) is 10.5 Å². The summed E-state index contributed by atoms with van der Waals surface area (Å²) in [7, 11) is 0. The van der Waals surface area contributed by atoms with Gasteiger partial charge >= 0.3 is 0 Å². The number of carbonyl (C=O) groups excluding carboxylic acids is 1. The summed E-state index contributed by atoms with van der Waals surface area (Å²) in [5.74, 6) is 0.0132. The van der Waals surface area contributed by atoms with E-state index in [0.717, 1.165) is 17.9 Å². The number of aromatic nitrogens is 2. The molecule has 0 fully saturated rings. The number of hydrogen-bond donors (Lipinski definition) is 0. The van der Waals surface area contributed by atoms with Gasteiger partial charge in [0.1, 0.15) is 5.69 Å². The molecule has 3 aromatic rings. The fraction of sp³-hybridized carbons (Fsp3) is 0.176. The third-order valence-corrected chi connectivity index (χ3v) is 4.72. The Morgan fingerprint density at radius 2 is 2.09 bits per heavy atom. The molecule has 0 radical (unpaired) electrons. The normalized spacial score (nSPS) is 15.1. The number of benzene rings is 1. The van der Waals surface area contributed by atoms with Crippen LogP contribution in [0.4, 0.5) is 0 Å². The summed E-state index contributed by atoms with van der Waals surface area (Å²) < 4.78 is 1.90. The van der Waals surface area contributed by atoms with Gasteiger partial charge in [-0.3, -0.25) is 9.20 Å². The Morgan fingerprint density at radius 3 is 2.82 bits per heavy atom. The first kappa shape index (κ1) is 13.3. The highest BCUT2D eigenvalue weighted by molar-refractivity contribution is 7.15. The fourth-order valence-electron chi connectivity index (χ4n) is 2.76. The minimum Gasteiger partial charge on any atom is -0.333 e. The molecule has 4 rings (SSSR count). The molecule has 0 saturated heterocycles. The van der Waals surface area contributed by atoms with Crippen molar-refractivity contribution in [3.8, 4) is 0 Å². The second-order valence-electron chi connectivity index (χ2n) is 5.32. The second-order valence-corrected chi connectivity index (χ2v) is 6.19. The van der Waals surface area contributed by atoms with Gasteiger partial charge in [-0.2, -0.15) is 0 Å². The molecule has 0 N–H and O–H groups in total. The van der Waals surface area contributed by atoms with Crippen LogP contribution in [0.5, 0.6) is 0 Å². The van der Waals surface area contributed by atoms with Crippen molar-refractivity contribution in [2.24, 2.45) is 0 Å². The number of amides is 1. The van der Waals surface area contributed by atoms with Gasteiger partial charge in [-0.05, 0) is 17.6 Å². The van der Waals surface area contributed by atoms with Crippen LogP contribution in [-0.4, -0.2) is 33.3 Å². The van der Waals surface area contributed by atoms with Crippen molar-refractivity contribution in [2.75, 3.05) is 13.1 Å². The molecule has 0 bridgehead atoms. The molecule has 1 aromatic carbocycles. The van der Waals surface area contributed by atoms with Gasteiger partial charge in [-0.1, -0.05) is 36.4 Å². The molecular formula is C17H15N3OS. The van der Waals surface area contributed by atoms with Gasteiger partial charge in [0.2, 0.25) is 0 Å². The van der Waals surface area contributed by atoms with Crippen LogP contribution in [-0.2, 0) is 0 Å². The maximum atomic E-state index is 12.5. The SMILES string of the molecule is O=C(c1cn2ccsc2n1)N1CC=C(c2ccccc2)CC1. The lowest BCUT2D eigenvalue weighted by atomic mass is 9.99. The summed E-state index contributed by atoms with van der Waals surface area (Å²) >= 11 is 1.54. The molecule has 4 nitrogen and oxygen atoms in total. The minimum atomic E-state index is 0.0132. The lowest BCUT2D eigenvalue weighted by Gasteiger charge is -2.26. The number of carbonyl (C=O) groups is 1. The van der Waals surface area contributed by atoms with Crippen LogP contribution in [0.1, 0.15) is 22.5 Å². The van der Waals surface area contributed by atoms with Gasteiger partial charge in [0.15, 0.2) is 4.96 Å². The molecule has 1 amide bonds. The highest BCUT2D eigenvalue weighted by atomic mass is 32.1. The standard InChI is InChI=1S/C17H15N3OS/c21-16(15-12-20-10-11-22-17(20)18-15)19-8-6-14(7-9-19)13-4-2-1-3-5-13/h1-6,10-12H,7-9H2. The predicted octanol–water partition coefficient (Wildman–Crippen LogP) is 3.33. The number of nitrogens with zero attached hydrogens (tertiary/aromatic N) is 3. The monoisotopic (exact) mass is 309 g/mol. The van der Waals surface area contributed by atoms with E-state index in [1.165, 1.54) is 22.5 Å². The summed E-state index contributed by atoms with van der Waals surface area (Å²) in [5, 5.41) is 1.96. The quantitative estimate of drug-likeness (QED) is 0.728. The Balaban J connectivity index is 1.52. The predicted molar refractivity (Wildman–Crippen MR) is 88.0 cm³/mol. The van der Waals surface area contributed by atoms with Gasteiger partial charge in [0.25, 0.3) is 5.91 Å². The molecule has 0 unspecified atom stereocenters. The first-order valence-corrected chi connectivity index (χ1v) is 8.15. The molecule has 0 saturated carbocycles. The first-order valence-electron chi connectivity index (χ1n) is 7.27. The molecule has 1 aliphatic rings. The highest BCUT2D eigenvalue weighted by Gasteiger charge is 2.21. The van der Waals surface area contributed by atoms with E-state index < -0.39 is 0 Å². The molecule has 0 spiro atoms. The van der Waals surface area contributed by atoms with Gasteiger partial charge in [-0.25, -0.2) is 4.98 Å². The van der Waals surface area contributed by atoms with Gasteiger partial charge in [0.05, 0.1) is 0 Å². The van der Waals surface area contributed by atoms with E-state index in [9.17, 15) is 4.79 Å². The Kier molecular flexibility index (Phi) is 3.27. The lowest BCUT2D eigenvalue weighted by Crippen LogP contribution is -2.34. The van der Waals surface area contributed by atoms with E-state index in [1.54, 1.807) is 0 Å². The third kappa shape index (κ3) is 2.33. The van der Waals surface area contributed by atoms with Crippen molar-refractivity contribution in [3.05, 3.63) is 65.4 Å². The number of rotatable bonds is 2. The van der Waals surface area contributed by atoms with Crippen molar-refractivity contribution in [1.29, 1.82) is 0 Å². The van der Waals surface area contributed by atoms with Crippen LogP contribution in [0, 0.1) is 0 Å². The molecule has 3 heterocycles. The van der Waals surface area contributed by atoms with Crippen molar-refractivity contribution < 1.29 is 4.79 Å². The van der Waals surface area contributed by atoms with Crippen LogP contribution in [0.3, 0.4) is 0 Å². The zero-order valence-electron chi connectivity index (χ0n) is 12.0. The van der Waals surface area contributed by atoms with Gasteiger partial charge < -0.3 is 4.90 Å². The molecule has 2 aromatic heterocycles. The fourth-order valence-corrected chi connectivity index (χ4v) is 3.46. The topological polar surface area (TPSA) is 37.6 Å². The summed E-state index contributed by atoms with van der Waals surface area (Å²) in [4.78, 5) is 19.7. The maximum Gasteiger partial charge on any atom is 0.274 e. The maximum absolute atomic E-state index is 12.5. The molecular weight excluding hydrogens is 294 g/mol. The molecule has 0 aliphatic carbocycles. The first-order chi connectivity index (χ1) is 10.8. The van der Waals surface area contributed by atoms with Crippen molar-refractivity contribution in [2.45, 2.75) is 6.42 Å². The Hall–Kier alpha value is -2.40. The van der Waals surface area contributed by atoms with Gasteiger partial charge in [0, 0.05) is 30.9 Å². The molecule has 0 atom stereocenters. The summed E-state index contributed by atoms with van der Waals surface area (Å²) in [6.07, 6.45) is 6.77. The average Bonchev–Trinajstić information content (AvgIpc) is 3.17. The zero-order valence-corrected chi connectivity index (χ0v) is 12.8. The highest BCUT2D eigenvalue weighted by Crippen LogP contribution is 2.23. The van der Waals surface area contributed by atoms with Crippen LogP contribution >= 0.6 is 11.3 Å². The van der Waals surface area contributed by atoms with Crippen LogP contribution < -0.4 is 0 Å². The minimum absolute atomic E-state index is 0.0132. The van der Waals surface area contributed by atoms with Crippen LogP contribution in [0.2, 0.25) is 0 Å². The van der Waals surface area contributed by atoms with E-state index in [-0.39, 0.29) is 5.91 Å². The Bertz CT molecular complexity index is 819. The average molecular weight is 309 g/mol. The van der Waals surface area contributed by atoms with E-state index >= 15 is 0 Å². The third-order valence-electron chi connectivity index (χ3n) is 3.95. The molecule has 22 heavy (non-hydrogen) atoms. The smallest absolute Gasteiger partial charge is 0.274 e. The lowest BCUT2D eigenvalue weighted by molar-refractivity contribution is 0.0767. The van der Waals surface area contributed by atoms with E-state index in [2.05, 4.69) is 23.2 Å². The number of imidazole rings is 1. The number of thiazole rings is 1. The van der Waals surface area contributed by atoms with Gasteiger partial charge in [-0.15, -0.1) is 11.3 Å². The number of hydrogen-bond acceptors (Lipinski definition) is 3. The summed E-state index contributed by atoms with van der Waals surface area (Å²) in [6, 6.07) is 10.4. The number of fused-ring (bicyclic) bond motifs is 1. The Morgan fingerprint density at radius 1 is 1.23 bits per heavy atom. The van der Waals surface area contributed by atoms with Crippen molar-refractivity contribution in [3.63, 3.8) is 0 Å². The largest absolute Gasteiger partial charge is 0.333 e. The molecule has 110 valence electrons. The molecule has 5 heteroatoms.